The maximum atomic E-state index is 12.5. The average molecular weight is 1060 g/mol. The van der Waals surface area contributed by atoms with E-state index in [0.29, 0.717) is 25.9 Å². The molecule has 444 valence electrons. The molecule has 2 atom stereocenters. The maximum Gasteiger partial charge on any atom is 0.305 e. The number of nitrogens with one attached hydrogen (secondary N) is 1. The van der Waals surface area contributed by atoms with Crippen molar-refractivity contribution in [3.05, 3.63) is 24.3 Å². The number of unbranched alkanes of at least 4 members (excludes halogenated alkanes) is 49. The van der Waals surface area contributed by atoms with Gasteiger partial charge in [0.1, 0.15) is 0 Å². The van der Waals surface area contributed by atoms with Crippen molar-refractivity contribution in [2.24, 2.45) is 0 Å². The molecule has 0 aromatic rings. The van der Waals surface area contributed by atoms with Crippen molar-refractivity contribution in [1.29, 1.82) is 0 Å². The van der Waals surface area contributed by atoms with E-state index < -0.39 is 12.1 Å². The normalized spacial score (nSPS) is 12.6. The lowest BCUT2D eigenvalue weighted by atomic mass is 10.0. The van der Waals surface area contributed by atoms with Crippen LogP contribution >= 0.6 is 0 Å². The molecule has 0 saturated carbocycles. The van der Waals surface area contributed by atoms with Crippen LogP contribution in [0.4, 0.5) is 0 Å². The van der Waals surface area contributed by atoms with Crippen LogP contribution in [0.1, 0.15) is 380 Å². The molecule has 0 fully saturated rings. The third-order valence-corrected chi connectivity index (χ3v) is 16.0. The first-order chi connectivity index (χ1) is 37.0. The van der Waals surface area contributed by atoms with E-state index in [4.69, 9.17) is 4.74 Å². The summed E-state index contributed by atoms with van der Waals surface area (Å²) in [7, 11) is 0. The van der Waals surface area contributed by atoms with E-state index in [9.17, 15) is 19.8 Å². The van der Waals surface area contributed by atoms with Crippen LogP contribution in [0.25, 0.3) is 0 Å². The number of carbonyl (C=O) groups excluding carboxylic acids is 2. The van der Waals surface area contributed by atoms with Gasteiger partial charge < -0.3 is 20.3 Å². The molecule has 75 heavy (non-hydrogen) atoms. The summed E-state index contributed by atoms with van der Waals surface area (Å²) in [6, 6.07) is -0.536. The lowest BCUT2D eigenvalue weighted by Gasteiger charge is -2.22. The number of ether oxygens (including phenoxy) is 1. The van der Waals surface area contributed by atoms with Gasteiger partial charge in [-0.2, -0.15) is 0 Å². The summed E-state index contributed by atoms with van der Waals surface area (Å²) in [6.07, 6.45) is 80.8. The monoisotopic (exact) mass is 1060 g/mol. The van der Waals surface area contributed by atoms with E-state index in [2.05, 4.69) is 43.5 Å². The van der Waals surface area contributed by atoms with Gasteiger partial charge >= 0.3 is 5.97 Å². The fraction of sp³-hybridized carbons (Fsp3) is 0.913. The lowest BCUT2D eigenvalue weighted by molar-refractivity contribution is -0.143. The van der Waals surface area contributed by atoms with Crippen LogP contribution in [0.3, 0.4) is 0 Å². The van der Waals surface area contributed by atoms with Gasteiger partial charge in [0, 0.05) is 12.8 Å². The molecule has 0 rings (SSSR count). The molecule has 0 aromatic carbocycles. The second kappa shape index (κ2) is 64.9. The molecule has 3 N–H and O–H groups in total. The highest BCUT2D eigenvalue weighted by Gasteiger charge is 2.20. The Morgan fingerprint density at radius 2 is 0.667 bits per heavy atom. The molecule has 0 aliphatic carbocycles. The number of esters is 1. The minimum Gasteiger partial charge on any atom is -0.466 e. The van der Waals surface area contributed by atoms with E-state index in [-0.39, 0.29) is 18.5 Å². The van der Waals surface area contributed by atoms with Crippen molar-refractivity contribution >= 4 is 11.9 Å². The Kier molecular flexibility index (Phi) is 63.4. The zero-order valence-corrected chi connectivity index (χ0v) is 50.8. The van der Waals surface area contributed by atoms with Gasteiger partial charge in [0.25, 0.3) is 0 Å². The summed E-state index contributed by atoms with van der Waals surface area (Å²) < 4.78 is 5.50. The zero-order chi connectivity index (χ0) is 54.3. The lowest BCUT2D eigenvalue weighted by Crippen LogP contribution is -2.45. The maximum absolute atomic E-state index is 12.5. The Morgan fingerprint density at radius 3 is 1.04 bits per heavy atom. The van der Waals surface area contributed by atoms with E-state index in [1.807, 2.05) is 0 Å². The van der Waals surface area contributed by atoms with E-state index in [1.54, 1.807) is 0 Å². The minimum absolute atomic E-state index is 0.0128. The predicted molar refractivity (Wildman–Crippen MR) is 329 cm³/mol. The topological polar surface area (TPSA) is 95.9 Å². The minimum atomic E-state index is -0.659. The summed E-state index contributed by atoms with van der Waals surface area (Å²) >= 11 is 0. The molecule has 6 heteroatoms. The van der Waals surface area contributed by atoms with Gasteiger partial charge in [-0.1, -0.05) is 334 Å². The molecular formula is C69H133NO5. The number of hydrogen-bond donors (Lipinski definition) is 3. The highest BCUT2D eigenvalue weighted by atomic mass is 16.5. The fourth-order valence-corrected chi connectivity index (χ4v) is 10.8. The van der Waals surface area contributed by atoms with Gasteiger partial charge in [-0.25, -0.2) is 0 Å². The predicted octanol–water partition coefficient (Wildman–Crippen LogP) is 21.8. The van der Waals surface area contributed by atoms with Gasteiger partial charge in [0.05, 0.1) is 25.4 Å². The van der Waals surface area contributed by atoms with Crippen LogP contribution in [0.5, 0.6) is 0 Å². The smallest absolute Gasteiger partial charge is 0.305 e. The molecule has 0 heterocycles. The van der Waals surface area contributed by atoms with Crippen LogP contribution in [0, 0.1) is 0 Å². The third kappa shape index (κ3) is 61.4. The second-order valence-electron chi connectivity index (χ2n) is 23.5. The van der Waals surface area contributed by atoms with Crippen molar-refractivity contribution < 1.29 is 24.5 Å². The van der Waals surface area contributed by atoms with Crippen LogP contribution in [-0.4, -0.2) is 47.4 Å². The molecular weight excluding hydrogens is 923 g/mol. The van der Waals surface area contributed by atoms with Crippen LogP contribution in [-0.2, 0) is 14.3 Å². The molecule has 1 amide bonds. The first-order valence-electron chi connectivity index (χ1n) is 34.1. The number of aliphatic hydroxyl groups excluding tert-OH is 2. The standard InChI is InChI=1S/C69H133NO5/c1-3-5-7-9-11-13-15-16-17-32-36-39-43-47-51-55-59-63-69(74)75-64-60-56-52-48-44-40-37-34-31-29-27-25-23-21-19-18-20-22-24-26-28-30-33-35-38-42-46-50-54-58-62-68(73)70-66(65-71)67(72)61-57-53-49-45-41-14-12-10-8-6-4-2/h11,13,16-17,66-67,71-72H,3-10,12,14-15,18-65H2,1-2H3,(H,70,73)/b13-11-,17-16-. The summed E-state index contributed by atoms with van der Waals surface area (Å²) in [5.41, 5.74) is 0. The number of carbonyl (C=O) groups is 2. The van der Waals surface area contributed by atoms with Crippen molar-refractivity contribution in [2.45, 2.75) is 392 Å². The van der Waals surface area contributed by atoms with Crippen molar-refractivity contribution in [3.8, 4) is 0 Å². The molecule has 0 aromatic heterocycles. The first-order valence-corrected chi connectivity index (χ1v) is 34.1. The summed E-state index contributed by atoms with van der Waals surface area (Å²) in [5, 5.41) is 23.2. The molecule has 6 nitrogen and oxygen atoms in total. The Bertz CT molecular complexity index is 1170. The Labute approximate surface area is 469 Å². The number of aliphatic hydroxyl groups is 2. The quantitative estimate of drug-likeness (QED) is 0.0320. The largest absolute Gasteiger partial charge is 0.466 e. The molecule has 0 saturated heterocycles. The molecule has 2 unspecified atom stereocenters. The number of amides is 1. The Hall–Kier alpha value is -1.66. The van der Waals surface area contributed by atoms with Crippen molar-refractivity contribution in [2.75, 3.05) is 13.2 Å². The summed E-state index contributed by atoms with van der Waals surface area (Å²) in [4.78, 5) is 24.5. The van der Waals surface area contributed by atoms with E-state index in [0.717, 1.165) is 51.4 Å². The second-order valence-corrected chi connectivity index (χ2v) is 23.5. The SMILES string of the molecule is CCCCC/C=C\C/C=C\CCCCCCCCCC(=O)OCCCCCCCCCCCCCCCCCCCCCCCCCCCCCCCCC(=O)NC(CO)C(O)CCCCCCCCCCCCC. The summed E-state index contributed by atoms with van der Waals surface area (Å²) in [6.45, 7) is 4.94. The number of allylic oxidation sites excluding steroid dienone is 4. The first kappa shape index (κ1) is 73.3. The van der Waals surface area contributed by atoms with E-state index in [1.165, 1.54) is 295 Å². The number of rotatable bonds is 64. The Balaban J connectivity index is 3.30. The van der Waals surface area contributed by atoms with Gasteiger partial charge in [-0.3, -0.25) is 9.59 Å². The van der Waals surface area contributed by atoms with Gasteiger partial charge in [0.15, 0.2) is 0 Å². The van der Waals surface area contributed by atoms with Crippen LogP contribution in [0.2, 0.25) is 0 Å². The van der Waals surface area contributed by atoms with Crippen molar-refractivity contribution in [3.63, 3.8) is 0 Å². The van der Waals surface area contributed by atoms with Crippen LogP contribution in [0.15, 0.2) is 24.3 Å². The van der Waals surface area contributed by atoms with Crippen molar-refractivity contribution in [1.82, 2.24) is 5.32 Å². The third-order valence-electron chi connectivity index (χ3n) is 16.0. The van der Waals surface area contributed by atoms with Gasteiger partial charge in [-0.15, -0.1) is 0 Å². The van der Waals surface area contributed by atoms with E-state index >= 15 is 0 Å². The molecule has 0 radical (unpaired) electrons. The molecule has 0 aliphatic rings. The molecule has 0 spiro atoms. The Morgan fingerprint density at radius 1 is 0.373 bits per heavy atom. The zero-order valence-electron chi connectivity index (χ0n) is 50.8. The highest BCUT2D eigenvalue weighted by molar-refractivity contribution is 5.76. The molecule has 0 aliphatic heterocycles. The average Bonchev–Trinajstić information content (AvgIpc) is 3.41. The fourth-order valence-electron chi connectivity index (χ4n) is 10.8. The van der Waals surface area contributed by atoms with Crippen LogP contribution < -0.4 is 5.32 Å². The number of hydrogen-bond acceptors (Lipinski definition) is 5. The summed E-state index contributed by atoms with van der Waals surface area (Å²) in [5.74, 6) is -0.0176. The van der Waals surface area contributed by atoms with Gasteiger partial charge in [-0.05, 0) is 57.8 Å². The van der Waals surface area contributed by atoms with Gasteiger partial charge in [0.2, 0.25) is 5.91 Å². The highest BCUT2D eigenvalue weighted by Crippen LogP contribution is 2.19. The molecule has 0 bridgehead atoms.